The number of aromatic nitrogens is 2. The molecular formula is C29H56N2O4. The summed E-state index contributed by atoms with van der Waals surface area (Å²) < 4.78 is 9.01. The Morgan fingerprint density at radius 1 is 0.771 bits per heavy atom. The Labute approximate surface area is 215 Å². The number of nitrogens with zero attached hydrogens (tertiary/aromatic N) is 2. The van der Waals surface area contributed by atoms with E-state index in [2.05, 4.69) is 27.7 Å². The number of aryl methyl sites for hydroxylation is 1. The predicted octanol–water partition coefficient (Wildman–Crippen LogP) is 6.90. The molecule has 1 aromatic rings. The van der Waals surface area contributed by atoms with Crippen LogP contribution >= 0.6 is 0 Å². The van der Waals surface area contributed by atoms with E-state index < -0.39 is 0 Å². The van der Waals surface area contributed by atoms with Crippen molar-refractivity contribution >= 4 is 0 Å². The molecule has 1 aromatic heterocycles. The number of unbranched alkanes of at least 4 members (excludes halogenated alkanes) is 2. The van der Waals surface area contributed by atoms with Crippen molar-refractivity contribution in [1.82, 2.24) is 9.13 Å². The van der Waals surface area contributed by atoms with Crippen LogP contribution < -0.4 is 5.69 Å². The lowest BCUT2D eigenvalue weighted by Gasteiger charge is -2.32. The number of hydrogen-bond acceptors (Lipinski definition) is 4. The maximum Gasteiger partial charge on any atom is 0.331 e. The Balaban J connectivity index is 2.29. The molecule has 6 heteroatoms. The normalized spacial score (nSPS) is 12.5. The summed E-state index contributed by atoms with van der Waals surface area (Å²) in [5.74, 6) is 0.0767. The summed E-state index contributed by atoms with van der Waals surface area (Å²) in [6.45, 7) is 14.2. The van der Waals surface area contributed by atoms with Gasteiger partial charge in [-0.3, -0.25) is 9.13 Å². The van der Waals surface area contributed by atoms with Crippen LogP contribution in [0, 0.1) is 10.8 Å². The minimum Gasteiger partial charge on any atom is -0.493 e. The van der Waals surface area contributed by atoms with Crippen molar-refractivity contribution in [3.05, 3.63) is 16.7 Å². The molecule has 0 aliphatic heterocycles. The molecule has 0 fully saturated rings. The van der Waals surface area contributed by atoms with Gasteiger partial charge >= 0.3 is 5.69 Å². The molecular weight excluding hydrogens is 440 g/mol. The van der Waals surface area contributed by atoms with Crippen LogP contribution in [0.15, 0.2) is 11.0 Å². The first-order valence-corrected chi connectivity index (χ1v) is 14.5. The summed E-state index contributed by atoms with van der Waals surface area (Å²) in [5.41, 5.74) is 0.602. The number of rotatable bonds is 22. The molecule has 0 bridgehead atoms. The number of aliphatic hydroxyl groups is 1. The van der Waals surface area contributed by atoms with Gasteiger partial charge in [-0.15, -0.1) is 0 Å². The van der Waals surface area contributed by atoms with Gasteiger partial charge in [-0.2, -0.15) is 0 Å². The molecule has 0 saturated heterocycles. The molecule has 0 atom stereocenters. The van der Waals surface area contributed by atoms with Crippen LogP contribution in [0.25, 0.3) is 0 Å². The van der Waals surface area contributed by atoms with Gasteiger partial charge in [0.15, 0.2) is 0 Å². The zero-order valence-electron chi connectivity index (χ0n) is 23.6. The Morgan fingerprint density at radius 2 is 1.26 bits per heavy atom. The van der Waals surface area contributed by atoms with Crippen LogP contribution in [0.2, 0.25) is 0 Å². The molecule has 0 aliphatic rings. The molecule has 2 N–H and O–H groups in total. The van der Waals surface area contributed by atoms with Crippen molar-refractivity contribution in [2.24, 2.45) is 10.8 Å². The Bertz CT molecular complexity index is 717. The van der Waals surface area contributed by atoms with Crippen molar-refractivity contribution in [1.29, 1.82) is 0 Å². The van der Waals surface area contributed by atoms with Crippen molar-refractivity contribution < 1.29 is 14.9 Å². The molecule has 206 valence electrons. The van der Waals surface area contributed by atoms with Crippen molar-refractivity contribution in [3.63, 3.8) is 0 Å². The van der Waals surface area contributed by atoms with Gasteiger partial charge in [0.05, 0.1) is 6.20 Å². The highest BCUT2D eigenvalue weighted by molar-refractivity contribution is 5.05. The van der Waals surface area contributed by atoms with Gasteiger partial charge in [-0.05, 0) is 69.1 Å². The van der Waals surface area contributed by atoms with Gasteiger partial charge < -0.3 is 14.9 Å². The molecule has 0 aliphatic carbocycles. The zero-order valence-corrected chi connectivity index (χ0v) is 23.6. The van der Waals surface area contributed by atoms with E-state index in [1.54, 1.807) is 4.57 Å². The third-order valence-electron chi connectivity index (χ3n) is 8.81. The molecule has 35 heavy (non-hydrogen) atoms. The first-order chi connectivity index (χ1) is 16.9. The molecule has 1 rings (SSSR count). The second-order valence-electron chi connectivity index (χ2n) is 10.6. The van der Waals surface area contributed by atoms with E-state index in [1.807, 2.05) is 6.92 Å². The van der Waals surface area contributed by atoms with Gasteiger partial charge in [0, 0.05) is 32.9 Å². The topological polar surface area (TPSA) is 76.6 Å². The number of aromatic hydroxyl groups is 1. The molecule has 1 heterocycles. The third kappa shape index (κ3) is 10.3. The number of aliphatic hydroxyl groups excluding tert-OH is 1. The van der Waals surface area contributed by atoms with Gasteiger partial charge in [-0.1, -0.05) is 66.2 Å². The van der Waals surface area contributed by atoms with Crippen molar-refractivity contribution in [2.75, 3.05) is 19.8 Å². The van der Waals surface area contributed by atoms with Crippen LogP contribution in [0.1, 0.15) is 125 Å². The molecule has 6 nitrogen and oxygen atoms in total. The summed E-state index contributed by atoms with van der Waals surface area (Å²) >= 11 is 0. The van der Waals surface area contributed by atoms with E-state index in [0.717, 1.165) is 64.6 Å². The maximum atomic E-state index is 12.3. The third-order valence-corrected chi connectivity index (χ3v) is 8.81. The lowest BCUT2D eigenvalue weighted by Crippen LogP contribution is -2.25. The number of hydrogen-bond donors (Lipinski definition) is 2. The summed E-state index contributed by atoms with van der Waals surface area (Å²) in [6, 6.07) is 0. The molecule has 0 spiro atoms. The van der Waals surface area contributed by atoms with Crippen LogP contribution in [0.4, 0.5) is 0 Å². The number of ether oxygens (including phenoxy) is 1. The lowest BCUT2D eigenvalue weighted by atomic mass is 9.74. The molecule has 0 aromatic carbocycles. The minimum atomic E-state index is -0.110. The SMILES string of the molecule is CCn1cc(O)n(CCCC(CC)(CC)CCCCOCCCCC(CC)(CC)CCCO)c1=O. The Morgan fingerprint density at radius 3 is 1.69 bits per heavy atom. The standard InChI is InChI=1S/C29H56N2O4/c1-6-28(7-2,19-15-21-31-26(33)25-30(10-5)27(31)34)17-11-13-23-35-24-14-12-18-29(8-3,9-4)20-16-22-32/h25,32-33H,6-24H2,1-5H3. The van der Waals surface area contributed by atoms with E-state index in [9.17, 15) is 15.0 Å². The number of imidazole rings is 1. The average molecular weight is 497 g/mol. The molecule has 0 saturated carbocycles. The Kier molecular flexibility index (Phi) is 15.6. The van der Waals surface area contributed by atoms with Crippen molar-refractivity contribution in [3.8, 4) is 5.88 Å². The second kappa shape index (κ2) is 17.2. The largest absolute Gasteiger partial charge is 0.493 e. The highest BCUT2D eigenvalue weighted by atomic mass is 16.5. The van der Waals surface area contributed by atoms with Gasteiger partial charge in [0.1, 0.15) is 0 Å². The fourth-order valence-electron chi connectivity index (χ4n) is 5.69. The quantitative estimate of drug-likeness (QED) is 0.171. The van der Waals surface area contributed by atoms with Gasteiger partial charge in [0.2, 0.25) is 5.88 Å². The first-order valence-electron chi connectivity index (χ1n) is 14.5. The summed E-state index contributed by atoms with van der Waals surface area (Å²) in [7, 11) is 0. The van der Waals surface area contributed by atoms with E-state index >= 15 is 0 Å². The van der Waals surface area contributed by atoms with E-state index in [-0.39, 0.29) is 11.6 Å². The smallest absolute Gasteiger partial charge is 0.331 e. The van der Waals surface area contributed by atoms with E-state index in [0.29, 0.717) is 30.5 Å². The monoisotopic (exact) mass is 496 g/mol. The highest BCUT2D eigenvalue weighted by Gasteiger charge is 2.26. The Hall–Kier alpha value is -1.27. The van der Waals surface area contributed by atoms with Crippen LogP contribution in [-0.4, -0.2) is 39.2 Å². The fraction of sp³-hybridized carbons (Fsp3) is 0.897. The molecule has 0 amide bonds. The highest BCUT2D eigenvalue weighted by Crippen LogP contribution is 2.38. The van der Waals surface area contributed by atoms with Crippen LogP contribution in [-0.2, 0) is 17.8 Å². The molecule has 0 unspecified atom stereocenters. The van der Waals surface area contributed by atoms with Gasteiger partial charge in [0.25, 0.3) is 0 Å². The van der Waals surface area contributed by atoms with E-state index in [1.165, 1.54) is 49.3 Å². The summed E-state index contributed by atoms with van der Waals surface area (Å²) in [6.07, 6.45) is 17.3. The first kappa shape index (κ1) is 31.8. The van der Waals surface area contributed by atoms with Gasteiger partial charge in [-0.25, -0.2) is 4.79 Å². The fourth-order valence-corrected chi connectivity index (χ4v) is 5.69. The molecule has 0 radical (unpaired) electrons. The minimum absolute atomic E-state index is 0.0767. The summed E-state index contributed by atoms with van der Waals surface area (Å²) in [5, 5.41) is 19.3. The lowest BCUT2D eigenvalue weighted by molar-refractivity contribution is 0.112. The zero-order chi connectivity index (χ0) is 26.2. The van der Waals surface area contributed by atoms with Crippen LogP contribution in [0.5, 0.6) is 5.88 Å². The van der Waals surface area contributed by atoms with Crippen molar-refractivity contribution in [2.45, 2.75) is 138 Å². The average Bonchev–Trinajstić information content (AvgIpc) is 3.16. The predicted molar refractivity (Wildman–Crippen MR) is 146 cm³/mol. The van der Waals surface area contributed by atoms with E-state index in [4.69, 9.17) is 4.74 Å². The maximum absolute atomic E-state index is 12.3. The van der Waals surface area contributed by atoms with Crippen LogP contribution in [0.3, 0.4) is 0 Å². The summed E-state index contributed by atoms with van der Waals surface area (Å²) in [4.78, 5) is 12.3. The second-order valence-corrected chi connectivity index (χ2v) is 10.6.